The number of aryl methyl sites for hydroxylation is 1. The van der Waals surface area contributed by atoms with E-state index in [1.165, 1.54) is 0 Å². The lowest BCUT2D eigenvalue weighted by Gasteiger charge is -2.58. The van der Waals surface area contributed by atoms with E-state index in [2.05, 4.69) is 0 Å². The first-order valence-corrected chi connectivity index (χ1v) is 12.0. The van der Waals surface area contributed by atoms with Crippen molar-refractivity contribution in [3.63, 3.8) is 0 Å². The van der Waals surface area contributed by atoms with Gasteiger partial charge in [0.25, 0.3) is 0 Å². The summed E-state index contributed by atoms with van der Waals surface area (Å²) in [6.07, 6.45) is 4.67. The number of imidazole rings is 1. The van der Waals surface area contributed by atoms with Gasteiger partial charge in [-0.1, -0.05) is 0 Å². The van der Waals surface area contributed by atoms with Crippen molar-refractivity contribution in [2.45, 2.75) is 50.7 Å². The Morgan fingerprint density at radius 2 is 1.85 bits per heavy atom. The number of hydrogen-bond acceptors (Lipinski definition) is 5. The molecule has 33 heavy (non-hydrogen) atoms. The number of rotatable bonds is 3. The number of carbonyl (C=O) groups excluding carboxylic acids is 2. The minimum absolute atomic E-state index is 0.103. The fourth-order valence-corrected chi connectivity index (χ4v) is 7.51. The van der Waals surface area contributed by atoms with Crippen molar-refractivity contribution in [1.82, 2.24) is 14.0 Å². The summed E-state index contributed by atoms with van der Waals surface area (Å²) in [6.45, 7) is 0.995. The number of ether oxygens (including phenoxy) is 1. The lowest BCUT2D eigenvalue weighted by molar-refractivity contribution is -0.161. The lowest BCUT2D eigenvalue weighted by atomic mass is 9.48. The van der Waals surface area contributed by atoms with Crippen molar-refractivity contribution < 1.29 is 14.3 Å². The molecule has 1 aliphatic heterocycles. The van der Waals surface area contributed by atoms with Crippen molar-refractivity contribution in [1.29, 1.82) is 0 Å². The fourth-order valence-electron chi connectivity index (χ4n) is 7.51. The predicted molar refractivity (Wildman–Crippen MR) is 122 cm³/mol. The molecule has 7 rings (SSSR count). The van der Waals surface area contributed by atoms with Crippen LogP contribution in [-0.2, 0) is 16.6 Å². The van der Waals surface area contributed by atoms with E-state index in [4.69, 9.17) is 16.2 Å². The summed E-state index contributed by atoms with van der Waals surface area (Å²) in [4.78, 5) is 40.0. The summed E-state index contributed by atoms with van der Waals surface area (Å²) in [5.74, 6) is 0.777. The topological polar surface area (TPSA) is 126 Å². The Balaban J connectivity index is 1.18. The number of nitrogen functional groups attached to an aromatic ring is 1. The molecule has 4 N–H and O–H groups in total. The van der Waals surface area contributed by atoms with Gasteiger partial charge in [0, 0.05) is 25.8 Å². The fraction of sp³-hybridized carbons (Fsp3) is 0.625. The Labute approximate surface area is 191 Å². The first kappa shape index (κ1) is 20.6. The second-order valence-electron chi connectivity index (χ2n) is 10.8. The zero-order valence-corrected chi connectivity index (χ0v) is 18.9. The highest BCUT2D eigenvalue weighted by Crippen LogP contribution is 2.60. The van der Waals surface area contributed by atoms with Gasteiger partial charge in [-0.2, -0.15) is 0 Å². The van der Waals surface area contributed by atoms with Crippen molar-refractivity contribution in [3.8, 4) is 0 Å². The Morgan fingerprint density at radius 3 is 2.55 bits per heavy atom. The number of amides is 2. The monoisotopic (exact) mass is 453 g/mol. The standard InChI is InChI=1S/C24H31N5O4/c1-27-19-8-16(25)2-3-18(19)29(22(27)31)17-4-5-28(12-17)23(32)33-20-14-6-13-7-15(20)11-24(9-13,10-14)21(26)30/h2-3,8,13-15,17,20H,4-7,9-12,25H2,1H3,(H2,26,30)/t13?,14?,15?,17-,20?,24?/m0/s1. The van der Waals surface area contributed by atoms with E-state index in [9.17, 15) is 14.4 Å². The Bertz CT molecular complexity index is 1200. The van der Waals surface area contributed by atoms with Crippen LogP contribution in [0, 0.1) is 23.2 Å². The molecule has 4 bridgehead atoms. The summed E-state index contributed by atoms with van der Waals surface area (Å²) in [6, 6.07) is 5.37. The number of nitrogens with zero attached hydrogens (tertiary/aromatic N) is 3. The van der Waals surface area contributed by atoms with E-state index in [-0.39, 0.29) is 41.7 Å². The minimum atomic E-state index is -0.392. The van der Waals surface area contributed by atoms with Gasteiger partial charge < -0.3 is 21.1 Å². The van der Waals surface area contributed by atoms with E-state index in [1.54, 1.807) is 33.2 Å². The number of likely N-dealkylation sites (tertiary alicyclic amines) is 1. The third kappa shape index (κ3) is 3.00. The van der Waals surface area contributed by atoms with Crippen LogP contribution in [0.2, 0.25) is 0 Å². The average Bonchev–Trinajstić information content (AvgIpc) is 3.34. The number of anilines is 1. The maximum absolute atomic E-state index is 13.1. The van der Waals surface area contributed by atoms with Gasteiger partial charge in [-0.05, 0) is 74.5 Å². The first-order chi connectivity index (χ1) is 15.8. The third-order valence-corrected chi connectivity index (χ3v) is 8.85. The Kier molecular flexibility index (Phi) is 4.38. The van der Waals surface area contributed by atoms with Gasteiger partial charge in [0.1, 0.15) is 6.10 Å². The van der Waals surface area contributed by atoms with Crippen LogP contribution in [0.15, 0.2) is 23.0 Å². The molecular weight excluding hydrogens is 422 g/mol. The third-order valence-electron chi connectivity index (χ3n) is 8.85. The van der Waals surface area contributed by atoms with Crippen LogP contribution in [0.1, 0.15) is 44.6 Å². The number of fused-ring (bicyclic) bond motifs is 1. The molecular formula is C24H31N5O4. The molecule has 9 heteroatoms. The molecule has 9 nitrogen and oxygen atoms in total. The van der Waals surface area contributed by atoms with E-state index in [0.717, 1.165) is 43.1 Å². The molecule has 4 aliphatic carbocycles. The second kappa shape index (κ2) is 7.01. The maximum Gasteiger partial charge on any atom is 0.410 e. The van der Waals surface area contributed by atoms with E-state index in [0.29, 0.717) is 31.1 Å². The normalized spacial score (nSPS) is 34.8. The van der Waals surface area contributed by atoms with Gasteiger partial charge in [0.05, 0.1) is 22.5 Å². The zero-order valence-electron chi connectivity index (χ0n) is 18.9. The largest absolute Gasteiger partial charge is 0.446 e. The van der Waals surface area contributed by atoms with E-state index < -0.39 is 5.41 Å². The zero-order chi connectivity index (χ0) is 23.1. The molecule has 2 amide bonds. The summed E-state index contributed by atoms with van der Waals surface area (Å²) >= 11 is 0. The average molecular weight is 454 g/mol. The maximum atomic E-state index is 13.1. The van der Waals surface area contributed by atoms with Crippen LogP contribution in [-0.4, -0.2) is 45.2 Å². The number of carbonyl (C=O) groups is 2. The molecule has 1 saturated heterocycles. The number of aromatic nitrogens is 2. The summed E-state index contributed by atoms with van der Waals surface area (Å²) in [5.41, 5.74) is 13.4. The second-order valence-corrected chi connectivity index (χ2v) is 10.8. The van der Waals surface area contributed by atoms with Crippen molar-refractivity contribution in [2.75, 3.05) is 18.8 Å². The molecule has 4 saturated carbocycles. The van der Waals surface area contributed by atoms with E-state index >= 15 is 0 Å². The van der Waals surface area contributed by atoms with Crippen molar-refractivity contribution in [2.24, 2.45) is 36.0 Å². The molecule has 1 aromatic carbocycles. The molecule has 0 spiro atoms. The molecule has 2 aromatic rings. The Morgan fingerprint density at radius 1 is 1.12 bits per heavy atom. The van der Waals surface area contributed by atoms with Crippen LogP contribution in [0.25, 0.3) is 11.0 Å². The Hall–Kier alpha value is -2.97. The number of benzene rings is 1. The molecule has 1 aromatic heterocycles. The van der Waals surface area contributed by atoms with Gasteiger partial charge in [-0.15, -0.1) is 0 Å². The molecule has 0 radical (unpaired) electrons. The summed E-state index contributed by atoms with van der Waals surface area (Å²) in [5, 5.41) is 0. The minimum Gasteiger partial charge on any atom is -0.446 e. The summed E-state index contributed by atoms with van der Waals surface area (Å²) < 4.78 is 9.47. The summed E-state index contributed by atoms with van der Waals surface area (Å²) in [7, 11) is 1.74. The number of primary amides is 1. The van der Waals surface area contributed by atoms with Crippen molar-refractivity contribution in [3.05, 3.63) is 28.7 Å². The molecule has 2 heterocycles. The first-order valence-electron chi connectivity index (χ1n) is 12.0. The highest BCUT2D eigenvalue weighted by atomic mass is 16.6. The van der Waals surface area contributed by atoms with Crippen LogP contribution in [0.4, 0.5) is 10.5 Å². The van der Waals surface area contributed by atoms with Crippen LogP contribution < -0.4 is 17.2 Å². The smallest absolute Gasteiger partial charge is 0.410 e. The molecule has 5 aliphatic rings. The molecule has 5 fully saturated rings. The van der Waals surface area contributed by atoms with E-state index in [1.807, 2.05) is 6.07 Å². The highest BCUT2D eigenvalue weighted by Gasteiger charge is 2.59. The number of nitrogens with two attached hydrogens (primary N) is 2. The number of hydrogen-bond donors (Lipinski definition) is 2. The van der Waals surface area contributed by atoms with Crippen LogP contribution in [0.5, 0.6) is 0 Å². The van der Waals surface area contributed by atoms with Gasteiger partial charge in [-0.25, -0.2) is 9.59 Å². The molecule has 3 atom stereocenters. The molecule has 176 valence electrons. The van der Waals surface area contributed by atoms with Gasteiger partial charge in [-0.3, -0.25) is 13.9 Å². The lowest BCUT2D eigenvalue weighted by Crippen LogP contribution is -2.59. The molecule has 2 unspecified atom stereocenters. The van der Waals surface area contributed by atoms with Crippen molar-refractivity contribution >= 4 is 28.7 Å². The van der Waals surface area contributed by atoms with Crippen LogP contribution >= 0.6 is 0 Å². The van der Waals surface area contributed by atoms with Gasteiger partial charge >= 0.3 is 11.8 Å². The van der Waals surface area contributed by atoms with Gasteiger partial charge in [0.2, 0.25) is 5.91 Å². The highest BCUT2D eigenvalue weighted by molar-refractivity contribution is 5.81. The van der Waals surface area contributed by atoms with Crippen LogP contribution in [0.3, 0.4) is 0 Å². The SMILES string of the molecule is Cn1c(=O)n([C@H]2CCN(C(=O)OC3C4CC5CC3CC(C(N)=O)(C5)C4)C2)c2ccc(N)cc21. The quantitative estimate of drug-likeness (QED) is 0.688. The van der Waals surface area contributed by atoms with Gasteiger partial charge in [0.15, 0.2) is 0 Å². The predicted octanol–water partition coefficient (Wildman–Crippen LogP) is 1.99.